The van der Waals surface area contributed by atoms with Gasteiger partial charge in [-0.25, -0.2) is 0 Å². The van der Waals surface area contributed by atoms with Crippen LogP contribution in [-0.2, 0) is 4.74 Å². The first-order chi connectivity index (χ1) is 8.35. The van der Waals surface area contributed by atoms with Crippen molar-refractivity contribution in [3.8, 4) is 0 Å². The predicted molar refractivity (Wildman–Crippen MR) is 73.6 cm³/mol. The summed E-state index contributed by atoms with van der Waals surface area (Å²) >= 11 is 1.96. The second kappa shape index (κ2) is 6.43. The van der Waals surface area contributed by atoms with Gasteiger partial charge in [0.15, 0.2) is 0 Å². The predicted octanol–water partition coefficient (Wildman–Crippen LogP) is 3.24. The molecule has 0 aromatic heterocycles. The molecule has 17 heavy (non-hydrogen) atoms. The SMILES string of the molecule is CCNC(CC)c1ccccc1SC1COC1. The molecule has 1 aliphatic heterocycles. The number of benzene rings is 1. The number of thioether (sulfide) groups is 1. The Balaban J connectivity index is 2.12. The van der Waals surface area contributed by atoms with Gasteiger partial charge in [0.05, 0.1) is 18.5 Å². The Morgan fingerprint density at radius 1 is 1.35 bits per heavy atom. The molecule has 1 heterocycles. The van der Waals surface area contributed by atoms with Gasteiger partial charge in [-0.1, -0.05) is 32.0 Å². The standard InChI is InChI=1S/C14H21NOS/c1-3-13(15-4-2)12-7-5-6-8-14(12)17-11-9-16-10-11/h5-8,11,13,15H,3-4,9-10H2,1-2H3. The second-order valence-corrected chi connectivity index (χ2v) is 5.68. The van der Waals surface area contributed by atoms with Gasteiger partial charge in [0, 0.05) is 10.9 Å². The first-order valence-electron chi connectivity index (χ1n) is 6.41. The average molecular weight is 251 g/mol. The zero-order valence-electron chi connectivity index (χ0n) is 10.6. The molecule has 1 unspecified atom stereocenters. The molecule has 0 radical (unpaired) electrons. The molecule has 0 saturated carbocycles. The van der Waals surface area contributed by atoms with Gasteiger partial charge in [-0.05, 0) is 24.6 Å². The van der Waals surface area contributed by atoms with Crippen LogP contribution in [0, 0.1) is 0 Å². The van der Waals surface area contributed by atoms with E-state index in [2.05, 4.69) is 43.4 Å². The van der Waals surface area contributed by atoms with Crippen LogP contribution in [0.5, 0.6) is 0 Å². The molecule has 1 aromatic rings. The van der Waals surface area contributed by atoms with Crippen molar-refractivity contribution in [3.05, 3.63) is 29.8 Å². The van der Waals surface area contributed by atoms with Gasteiger partial charge in [-0.2, -0.15) is 0 Å². The summed E-state index contributed by atoms with van der Waals surface area (Å²) < 4.78 is 5.24. The third-order valence-corrected chi connectivity index (χ3v) is 4.29. The van der Waals surface area contributed by atoms with Gasteiger partial charge in [-0.15, -0.1) is 11.8 Å². The van der Waals surface area contributed by atoms with Crippen LogP contribution in [0.25, 0.3) is 0 Å². The minimum atomic E-state index is 0.477. The summed E-state index contributed by atoms with van der Waals surface area (Å²) in [5, 5.41) is 4.20. The van der Waals surface area contributed by atoms with E-state index in [9.17, 15) is 0 Å². The molecular weight excluding hydrogens is 230 g/mol. The zero-order chi connectivity index (χ0) is 12.1. The highest BCUT2D eigenvalue weighted by Gasteiger charge is 2.22. The topological polar surface area (TPSA) is 21.3 Å². The Morgan fingerprint density at radius 2 is 2.12 bits per heavy atom. The molecule has 1 fully saturated rings. The summed E-state index contributed by atoms with van der Waals surface area (Å²) in [6.07, 6.45) is 1.13. The first-order valence-corrected chi connectivity index (χ1v) is 7.29. The van der Waals surface area contributed by atoms with Crippen molar-refractivity contribution in [1.29, 1.82) is 0 Å². The summed E-state index contributed by atoms with van der Waals surface area (Å²) in [5.41, 5.74) is 1.44. The highest BCUT2D eigenvalue weighted by molar-refractivity contribution is 8.00. The van der Waals surface area contributed by atoms with E-state index in [1.54, 1.807) is 0 Å². The maximum atomic E-state index is 5.24. The molecule has 3 heteroatoms. The fourth-order valence-electron chi connectivity index (χ4n) is 2.06. The van der Waals surface area contributed by atoms with Crippen LogP contribution in [0.4, 0.5) is 0 Å². The first kappa shape index (κ1) is 12.9. The maximum absolute atomic E-state index is 5.24. The largest absolute Gasteiger partial charge is 0.379 e. The van der Waals surface area contributed by atoms with Crippen LogP contribution >= 0.6 is 11.8 Å². The van der Waals surface area contributed by atoms with Crippen molar-refractivity contribution in [2.45, 2.75) is 36.5 Å². The van der Waals surface area contributed by atoms with Crippen molar-refractivity contribution in [2.75, 3.05) is 19.8 Å². The van der Waals surface area contributed by atoms with E-state index < -0.39 is 0 Å². The molecule has 1 saturated heterocycles. The van der Waals surface area contributed by atoms with Gasteiger partial charge >= 0.3 is 0 Å². The average Bonchev–Trinajstić information content (AvgIpc) is 2.31. The Morgan fingerprint density at radius 3 is 2.71 bits per heavy atom. The number of nitrogens with one attached hydrogen (secondary N) is 1. The maximum Gasteiger partial charge on any atom is 0.0611 e. The van der Waals surface area contributed by atoms with Gasteiger partial charge in [0.1, 0.15) is 0 Å². The van der Waals surface area contributed by atoms with Crippen LogP contribution in [0.2, 0.25) is 0 Å². The van der Waals surface area contributed by atoms with E-state index in [0.717, 1.165) is 26.2 Å². The Kier molecular flexibility index (Phi) is 4.89. The fraction of sp³-hybridized carbons (Fsp3) is 0.571. The van der Waals surface area contributed by atoms with Crippen molar-refractivity contribution in [1.82, 2.24) is 5.32 Å². The van der Waals surface area contributed by atoms with E-state index in [1.165, 1.54) is 10.5 Å². The molecule has 1 N–H and O–H groups in total. The van der Waals surface area contributed by atoms with E-state index >= 15 is 0 Å². The minimum Gasteiger partial charge on any atom is -0.379 e. The lowest BCUT2D eigenvalue weighted by Gasteiger charge is -2.27. The van der Waals surface area contributed by atoms with Gasteiger partial charge in [0.25, 0.3) is 0 Å². The van der Waals surface area contributed by atoms with E-state index in [0.29, 0.717) is 11.3 Å². The Bertz CT molecular complexity index is 352. The molecule has 2 nitrogen and oxygen atoms in total. The minimum absolute atomic E-state index is 0.477. The third kappa shape index (κ3) is 3.24. The molecule has 1 atom stereocenters. The molecule has 0 amide bonds. The van der Waals surface area contributed by atoms with Crippen LogP contribution in [-0.4, -0.2) is 25.0 Å². The highest BCUT2D eigenvalue weighted by atomic mass is 32.2. The molecule has 1 aromatic carbocycles. The smallest absolute Gasteiger partial charge is 0.0611 e. The number of hydrogen-bond donors (Lipinski definition) is 1. The molecule has 1 aliphatic rings. The third-order valence-electron chi connectivity index (χ3n) is 3.05. The molecule has 94 valence electrons. The quantitative estimate of drug-likeness (QED) is 0.838. The van der Waals surface area contributed by atoms with Crippen molar-refractivity contribution < 1.29 is 4.74 Å². The van der Waals surface area contributed by atoms with Crippen LogP contribution in [0.15, 0.2) is 29.2 Å². The Hall–Kier alpha value is -0.510. The lowest BCUT2D eigenvalue weighted by atomic mass is 10.0. The summed E-state index contributed by atoms with van der Waals surface area (Å²) in [7, 11) is 0. The zero-order valence-corrected chi connectivity index (χ0v) is 11.4. The summed E-state index contributed by atoms with van der Waals surface area (Å²) in [5.74, 6) is 0. The Labute approximate surface area is 108 Å². The van der Waals surface area contributed by atoms with Crippen LogP contribution in [0.1, 0.15) is 31.9 Å². The molecule has 0 aliphatic carbocycles. The number of hydrogen-bond acceptors (Lipinski definition) is 3. The summed E-state index contributed by atoms with van der Waals surface area (Å²) in [6.45, 7) is 7.22. The second-order valence-electron chi connectivity index (χ2n) is 4.33. The lowest BCUT2D eigenvalue weighted by molar-refractivity contribution is 0.0455. The molecule has 2 rings (SSSR count). The highest BCUT2D eigenvalue weighted by Crippen LogP contribution is 2.34. The summed E-state index contributed by atoms with van der Waals surface area (Å²) in [4.78, 5) is 1.41. The van der Waals surface area contributed by atoms with Crippen molar-refractivity contribution >= 4 is 11.8 Å². The normalized spacial score (nSPS) is 17.8. The number of rotatable bonds is 6. The van der Waals surface area contributed by atoms with Crippen LogP contribution < -0.4 is 5.32 Å². The van der Waals surface area contributed by atoms with Crippen molar-refractivity contribution in [3.63, 3.8) is 0 Å². The van der Waals surface area contributed by atoms with E-state index in [4.69, 9.17) is 4.74 Å². The lowest BCUT2D eigenvalue weighted by Crippen LogP contribution is -2.30. The number of ether oxygens (including phenoxy) is 1. The molecular formula is C14H21NOS. The van der Waals surface area contributed by atoms with Gasteiger partial charge < -0.3 is 10.1 Å². The van der Waals surface area contributed by atoms with Crippen LogP contribution in [0.3, 0.4) is 0 Å². The molecule has 0 spiro atoms. The molecule has 0 bridgehead atoms. The monoisotopic (exact) mass is 251 g/mol. The van der Waals surface area contributed by atoms with Gasteiger partial charge in [-0.3, -0.25) is 0 Å². The fourth-order valence-corrected chi connectivity index (χ4v) is 3.25. The van der Waals surface area contributed by atoms with Gasteiger partial charge in [0.2, 0.25) is 0 Å². The van der Waals surface area contributed by atoms with E-state index in [1.807, 2.05) is 11.8 Å². The van der Waals surface area contributed by atoms with Crippen molar-refractivity contribution in [2.24, 2.45) is 0 Å². The van der Waals surface area contributed by atoms with E-state index in [-0.39, 0.29) is 0 Å². The summed E-state index contributed by atoms with van der Waals surface area (Å²) in [6, 6.07) is 9.22.